The van der Waals surface area contributed by atoms with Crippen molar-refractivity contribution in [2.24, 2.45) is 0 Å². The Kier molecular flexibility index (Phi) is 3.71. The summed E-state index contributed by atoms with van der Waals surface area (Å²) in [6.45, 7) is -0.217. The number of rotatable bonds is 3. The normalized spacial score (nSPS) is 11.4. The quantitative estimate of drug-likeness (QED) is 0.928. The van der Waals surface area contributed by atoms with Gasteiger partial charge in [-0.05, 0) is 29.8 Å². The summed E-state index contributed by atoms with van der Waals surface area (Å²) in [6, 6.07) is 8.26. The fraction of sp³-hybridized carbons (Fsp3) is 0.154. The minimum Gasteiger partial charge on any atom is -0.438 e. The smallest absolute Gasteiger partial charge is 0.421 e. The summed E-state index contributed by atoms with van der Waals surface area (Å²) in [5, 5.41) is 8.96. The molecule has 0 saturated carbocycles. The first kappa shape index (κ1) is 13.4. The molecule has 3 nitrogen and oxygen atoms in total. The molecule has 0 amide bonds. The molecule has 0 bridgehead atoms. The van der Waals surface area contributed by atoms with Crippen LogP contribution in [-0.2, 0) is 12.8 Å². The van der Waals surface area contributed by atoms with E-state index in [0.29, 0.717) is 5.56 Å². The van der Waals surface area contributed by atoms with Crippen LogP contribution in [0.15, 0.2) is 42.6 Å². The number of alkyl halides is 3. The monoisotopic (exact) mass is 269 g/mol. The van der Waals surface area contributed by atoms with Crippen LogP contribution in [-0.4, -0.2) is 10.1 Å². The molecule has 0 aliphatic rings. The van der Waals surface area contributed by atoms with Crippen molar-refractivity contribution in [2.75, 3.05) is 0 Å². The minimum atomic E-state index is -4.53. The fourth-order valence-electron chi connectivity index (χ4n) is 1.51. The van der Waals surface area contributed by atoms with Crippen molar-refractivity contribution < 1.29 is 23.0 Å². The average molecular weight is 269 g/mol. The second-order valence-corrected chi connectivity index (χ2v) is 3.76. The molecular weight excluding hydrogens is 259 g/mol. The highest BCUT2D eigenvalue weighted by atomic mass is 19.4. The maximum atomic E-state index is 12.7. The van der Waals surface area contributed by atoms with Crippen molar-refractivity contribution in [3.63, 3.8) is 0 Å². The van der Waals surface area contributed by atoms with Crippen LogP contribution >= 0.6 is 0 Å². The van der Waals surface area contributed by atoms with Gasteiger partial charge in [-0.1, -0.05) is 12.1 Å². The lowest BCUT2D eigenvalue weighted by Gasteiger charge is -2.12. The number of nitrogens with zero attached hydrogens (tertiary/aromatic N) is 1. The zero-order valence-corrected chi connectivity index (χ0v) is 9.69. The predicted molar refractivity (Wildman–Crippen MR) is 61.7 cm³/mol. The molecule has 0 spiro atoms. The molecule has 2 rings (SSSR count). The summed E-state index contributed by atoms with van der Waals surface area (Å²) < 4.78 is 43.3. The van der Waals surface area contributed by atoms with Gasteiger partial charge in [0.05, 0.1) is 6.61 Å². The molecule has 19 heavy (non-hydrogen) atoms. The maximum Gasteiger partial charge on any atom is 0.421 e. The number of halogens is 3. The third-order valence-corrected chi connectivity index (χ3v) is 2.37. The third-order valence-electron chi connectivity index (χ3n) is 2.37. The summed E-state index contributed by atoms with van der Waals surface area (Å²) in [7, 11) is 0. The summed E-state index contributed by atoms with van der Waals surface area (Å²) in [4.78, 5) is 3.59. The van der Waals surface area contributed by atoms with E-state index in [2.05, 4.69) is 4.98 Å². The molecule has 0 fully saturated rings. The Bertz CT molecular complexity index is 570. The maximum absolute atomic E-state index is 12.7. The second-order valence-electron chi connectivity index (χ2n) is 3.76. The second kappa shape index (κ2) is 5.27. The third kappa shape index (κ3) is 3.23. The number of ether oxygens (including phenoxy) is 1. The Balaban J connectivity index is 2.33. The van der Waals surface area contributed by atoms with Gasteiger partial charge in [-0.25, -0.2) is 4.98 Å². The molecule has 1 aromatic carbocycles. The van der Waals surface area contributed by atoms with E-state index >= 15 is 0 Å². The van der Waals surface area contributed by atoms with Crippen LogP contribution in [0.25, 0.3) is 0 Å². The number of pyridine rings is 1. The number of hydrogen-bond donors (Lipinski definition) is 1. The summed E-state index contributed by atoms with van der Waals surface area (Å²) in [5.74, 6) is -0.319. The van der Waals surface area contributed by atoms with Crippen molar-refractivity contribution >= 4 is 0 Å². The molecule has 1 aromatic heterocycles. The topological polar surface area (TPSA) is 42.4 Å². The summed E-state index contributed by atoms with van der Waals surface area (Å²) in [5.41, 5.74) is -0.397. The number of benzene rings is 1. The summed E-state index contributed by atoms with van der Waals surface area (Å²) >= 11 is 0. The first-order valence-electron chi connectivity index (χ1n) is 5.40. The van der Waals surface area contributed by atoms with Crippen molar-refractivity contribution in [1.82, 2.24) is 4.98 Å². The van der Waals surface area contributed by atoms with E-state index in [9.17, 15) is 13.2 Å². The molecule has 0 radical (unpaired) electrons. The van der Waals surface area contributed by atoms with Gasteiger partial charge in [0.2, 0.25) is 5.88 Å². The van der Waals surface area contributed by atoms with Crippen molar-refractivity contribution in [1.29, 1.82) is 0 Å². The molecule has 2 aromatic rings. The van der Waals surface area contributed by atoms with Gasteiger partial charge < -0.3 is 9.84 Å². The van der Waals surface area contributed by atoms with Crippen LogP contribution in [0, 0.1) is 0 Å². The van der Waals surface area contributed by atoms with Crippen LogP contribution in [0.1, 0.15) is 11.1 Å². The average Bonchev–Trinajstić information content (AvgIpc) is 2.38. The molecule has 6 heteroatoms. The highest BCUT2D eigenvalue weighted by molar-refractivity contribution is 5.35. The Morgan fingerprint density at radius 3 is 2.63 bits per heavy atom. The van der Waals surface area contributed by atoms with Crippen molar-refractivity contribution in [3.8, 4) is 11.6 Å². The lowest BCUT2D eigenvalue weighted by molar-refractivity contribution is -0.138. The van der Waals surface area contributed by atoms with Crippen LogP contribution in [0.4, 0.5) is 13.2 Å². The molecule has 0 aliphatic heterocycles. The van der Waals surface area contributed by atoms with E-state index in [1.54, 1.807) is 12.1 Å². The Hall–Kier alpha value is -2.08. The molecule has 0 saturated heterocycles. The van der Waals surface area contributed by atoms with Gasteiger partial charge in [0.25, 0.3) is 0 Å². The highest BCUT2D eigenvalue weighted by Crippen LogP contribution is 2.36. The highest BCUT2D eigenvalue weighted by Gasteiger charge is 2.35. The molecule has 1 N–H and O–H groups in total. The summed E-state index contributed by atoms with van der Waals surface area (Å²) in [6.07, 6.45) is -3.31. The van der Waals surface area contributed by atoms with Crippen LogP contribution < -0.4 is 4.74 Å². The number of aliphatic hydroxyl groups is 1. The van der Waals surface area contributed by atoms with Crippen molar-refractivity contribution in [3.05, 3.63) is 53.7 Å². The van der Waals surface area contributed by atoms with Gasteiger partial charge in [0.15, 0.2) is 0 Å². The van der Waals surface area contributed by atoms with Gasteiger partial charge in [-0.2, -0.15) is 13.2 Å². The Labute approximate surface area is 107 Å². The number of aliphatic hydroxyl groups excluding tert-OH is 1. The SMILES string of the molecule is OCc1cccc(Oc2ncccc2C(F)(F)F)c1. The van der Waals surface area contributed by atoms with Gasteiger partial charge in [-0.15, -0.1) is 0 Å². The van der Waals surface area contributed by atoms with E-state index in [0.717, 1.165) is 6.07 Å². The van der Waals surface area contributed by atoms with E-state index in [1.165, 1.54) is 24.4 Å². The first-order valence-corrected chi connectivity index (χ1v) is 5.40. The zero-order valence-electron chi connectivity index (χ0n) is 9.69. The molecular formula is C13H10F3NO2. The van der Waals surface area contributed by atoms with Gasteiger partial charge in [-0.3, -0.25) is 0 Å². The van der Waals surface area contributed by atoms with Crippen LogP contribution in [0.2, 0.25) is 0 Å². The molecule has 0 aliphatic carbocycles. The number of hydrogen-bond acceptors (Lipinski definition) is 3. The lowest BCUT2D eigenvalue weighted by atomic mass is 10.2. The fourth-order valence-corrected chi connectivity index (χ4v) is 1.51. The standard InChI is InChI=1S/C13H10F3NO2/c14-13(15,16)11-5-2-6-17-12(11)19-10-4-1-3-9(7-10)8-18/h1-7,18H,8H2. The molecule has 0 unspecified atom stereocenters. The van der Waals surface area contributed by atoms with E-state index in [4.69, 9.17) is 9.84 Å². The first-order chi connectivity index (χ1) is 9.00. The van der Waals surface area contributed by atoms with Gasteiger partial charge >= 0.3 is 6.18 Å². The zero-order chi connectivity index (χ0) is 13.9. The molecule has 1 heterocycles. The molecule has 0 atom stereocenters. The van der Waals surface area contributed by atoms with Gasteiger partial charge in [0.1, 0.15) is 11.3 Å². The Morgan fingerprint density at radius 2 is 1.95 bits per heavy atom. The van der Waals surface area contributed by atoms with Crippen LogP contribution in [0.3, 0.4) is 0 Å². The van der Waals surface area contributed by atoms with E-state index in [-0.39, 0.29) is 12.4 Å². The largest absolute Gasteiger partial charge is 0.438 e. The number of aromatic nitrogens is 1. The lowest BCUT2D eigenvalue weighted by Crippen LogP contribution is -2.08. The predicted octanol–water partition coefficient (Wildman–Crippen LogP) is 3.39. The Morgan fingerprint density at radius 1 is 1.16 bits per heavy atom. The van der Waals surface area contributed by atoms with Crippen LogP contribution in [0.5, 0.6) is 11.6 Å². The minimum absolute atomic E-state index is 0.191. The van der Waals surface area contributed by atoms with E-state index < -0.39 is 17.6 Å². The van der Waals surface area contributed by atoms with Crippen molar-refractivity contribution in [2.45, 2.75) is 12.8 Å². The molecule has 100 valence electrons. The van der Waals surface area contributed by atoms with E-state index in [1.807, 2.05) is 0 Å². The van der Waals surface area contributed by atoms with Gasteiger partial charge in [0, 0.05) is 6.20 Å².